The molecule has 1 aromatic carbocycles. The molecule has 1 aliphatic carbocycles. The Morgan fingerprint density at radius 2 is 2.08 bits per heavy atom. The number of aliphatic carboxylic acids is 1. The number of carboxylic acids is 1. The Morgan fingerprint density at radius 1 is 1.40 bits per heavy atom. The standard InChI is InChI=1S/C17H19ClN4O3/c1-10(17(24)25)9-21(12-7-8-12)16(23)15-11(2)22(20-19-15)14-6-4-3-5-13(14)18/h3-6,10,12H,7-9H2,1-2H3,(H,24,25)/t10-/m1/s1. The van der Waals surface area contributed by atoms with Crippen LogP contribution in [0.4, 0.5) is 0 Å². The summed E-state index contributed by atoms with van der Waals surface area (Å²) in [7, 11) is 0. The summed E-state index contributed by atoms with van der Waals surface area (Å²) in [6.45, 7) is 3.51. The van der Waals surface area contributed by atoms with Gasteiger partial charge in [0.15, 0.2) is 5.69 Å². The van der Waals surface area contributed by atoms with Crippen molar-refractivity contribution in [2.45, 2.75) is 32.7 Å². The van der Waals surface area contributed by atoms with E-state index in [4.69, 9.17) is 16.7 Å². The summed E-state index contributed by atoms with van der Waals surface area (Å²) >= 11 is 6.20. The largest absolute Gasteiger partial charge is 0.481 e. The van der Waals surface area contributed by atoms with Gasteiger partial charge in [-0.3, -0.25) is 9.59 Å². The topological polar surface area (TPSA) is 88.3 Å². The van der Waals surface area contributed by atoms with E-state index in [1.807, 2.05) is 12.1 Å². The smallest absolute Gasteiger partial charge is 0.308 e. The fourth-order valence-corrected chi connectivity index (χ4v) is 2.89. The van der Waals surface area contributed by atoms with Crippen LogP contribution in [-0.2, 0) is 4.79 Å². The molecule has 1 amide bonds. The maximum absolute atomic E-state index is 12.9. The molecule has 0 unspecified atom stereocenters. The van der Waals surface area contributed by atoms with E-state index in [1.165, 1.54) is 4.68 Å². The van der Waals surface area contributed by atoms with Crippen LogP contribution in [0.25, 0.3) is 5.69 Å². The van der Waals surface area contributed by atoms with Crippen molar-refractivity contribution < 1.29 is 14.7 Å². The summed E-state index contributed by atoms with van der Waals surface area (Å²) in [5, 5.41) is 17.7. The molecule has 1 saturated carbocycles. The lowest BCUT2D eigenvalue weighted by Gasteiger charge is -2.23. The zero-order valence-electron chi connectivity index (χ0n) is 14.0. The molecule has 1 heterocycles. The number of halogens is 1. The highest BCUT2D eigenvalue weighted by Gasteiger charge is 2.36. The highest BCUT2D eigenvalue weighted by molar-refractivity contribution is 6.32. The van der Waals surface area contributed by atoms with Gasteiger partial charge in [0.2, 0.25) is 0 Å². The number of carbonyl (C=O) groups excluding carboxylic acids is 1. The van der Waals surface area contributed by atoms with Gasteiger partial charge in [0.05, 0.1) is 22.3 Å². The average Bonchev–Trinajstić information content (AvgIpc) is 3.35. The van der Waals surface area contributed by atoms with Gasteiger partial charge in [0.25, 0.3) is 5.91 Å². The Hall–Kier alpha value is -2.41. The van der Waals surface area contributed by atoms with E-state index in [-0.39, 0.29) is 24.2 Å². The fourth-order valence-electron chi connectivity index (χ4n) is 2.67. The highest BCUT2D eigenvalue weighted by Crippen LogP contribution is 2.30. The number of hydrogen-bond donors (Lipinski definition) is 1. The number of aromatic nitrogens is 3. The molecule has 1 atom stereocenters. The summed E-state index contributed by atoms with van der Waals surface area (Å²) in [5.41, 5.74) is 1.45. The molecule has 132 valence electrons. The molecule has 7 nitrogen and oxygen atoms in total. The van der Waals surface area contributed by atoms with Crippen molar-refractivity contribution in [1.82, 2.24) is 19.9 Å². The fraction of sp³-hybridized carbons (Fsp3) is 0.412. The minimum atomic E-state index is -0.921. The second-order valence-corrected chi connectivity index (χ2v) is 6.72. The lowest BCUT2D eigenvalue weighted by atomic mass is 10.1. The van der Waals surface area contributed by atoms with Gasteiger partial charge in [0, 0.05) is 12.6 Å². The molecule has 1 fully saturated rings. The van der Waals surface area contributed by atoms with Gasteiger partial charge in [-0.1, -0.05) is 35.9 Å². The van der Waals surface area contributed by atoms with Gasteiger partial charge in [-0.05, 0) is 31.9 Å². The summed E-state index contributed by atoms with van der Waals surface area (Å²) in [6.07, 6.45) is 1.77. The summed E-state index contributed by atoms with van der Waals surface area (Å²) in [5.74, 6) is -1.84. The van der Waals surface area contributed by atoms with E-state index in [1.54, 1.807) is 30.9 Å². The summed E-state index contributed by atoms with van der Waals surface area (Å²) < 4.78 is 1.53. The van der Waals surface area contributed by atoms with Crippen molar-refractivity contribution in [2.75, 3.05) is 6.54 Å². The molecule has 2 aromatic rings. The van der Waals surface area contributed by atoms with Crippen molar-refractivity contribution in [1.29, 1.82) is 0 Å². The van der Waals surface area contributed by atoms with Gasteiger partial charge in [-0.2, -0.15) is 0 Å². The molecule has 1 aliphatic rings. The Morgan fingerprint density at radius 3 is 2.68 bits per heavy atom. The lowest BCUT2D eigenvalue weighted by Crippen LogP contribution is -2.39. The molecular weight excluding hydrogens is 344 g/mol. The minimum absolute atomic E-state index is 0.0826. The maximum atomic E-state index is 12.9. The molecule has 0 bridgehead atoms. The molecule has 1 aromatic heterocycles. The summed E-state index contributed by atoms with van der Waals surface area (Å²) in [4.78, 5) is 25.7. The van der Waals surface area contributed by atoms with Gasteiger partial charge >= 0.3 is 5.97 Å². The molecule has 0 aliphatic heterocycles. The van der Waals surface area contributed by atoms with Crippen LogP contribution in [0.1, 0.15) is 35.9 Å². The third-order valence-corrected chi connectivity index (χ3v) is 4.64. The van der Waals surface area contributed by atoms with Crippen LogP contribution in [0.2, 0.25) is 5.02 Å². The second-order valence-electron chi connectivity index (χ2n) is 6.31. The number of rotatable bonds is 6. The first-order valence-corrected chi connectivity index (χ1v) is 8.49. The SMILES string of the molecule is Cc1c(C(=O)N(C[C@@H](C)C(=O)O)C2CC2)nnn1-c1ccccc1Cl. The number of carboxylic acid groups (broad SMARTS) is 1. The number of nitrogens with zero attached hydrogens (tertiary/aromatic N) is 4. The first-order valence-electron chi connectivity index (χ1n) is 8.11. The molecular formula is C17H19ClN4O3. The number of benzene rings is 1. The Bertz CT molecular complexity index is 816. The molecule has 0 spiro atoms. The Kier molecular flexibility index (Phi) is 4.76. The normalized spacial score (nSPS) is 15.0. The third kappa shape index (κ3) is 3.51. The number of amides is 1. The quantitative estimate of drug-likeness (QED) is 0.853. The zero-order valence-corrected chi connectivity index (χ0v) is 14.8. The van der Waals surface area contributed by atoms with Crippen molar-refractivity contribution in [2.24, 2.45) is 5.92 Å². The molecule has 3 rings (SSSR count). The molecule has 25 heavy (non-hydrogen) atoms. The van der Waals surface area contributed by atoms with Crippen LogP contribution >= 0.6 is 11.6 Å². The third-order valence-electron chi connectivity index (χ3n) is 4.32. The molecule has 0 radical (unpaired) electrons. The Balaban J connectivity index is 1.89. The van der Waals surface area contributed by atoms with Crippen LogP contribution in [0.15, 0.2) is 24.3 Å². The van der Waals surface area contributed by atoms with Crippen LogP contribution in [0.5, 0.6) is 0 Å². The van der Waals surface area contributed by atoms with E-state index in [9.17, 15) is 9.59 Å². The maximum Gasteiger partial charge on any atom is 0.308 e. The van der Waals surface area contributed by atoms with E-state index in [2.05, 4.69) is 10.3 Å². The van der Waals surface area contributed by atoms with E-state index in [0.717, 1.165) is 12.8 Å². The van der Waals surface area contributed by atoms with Crippen LogP contribution < -0.4 is 0 Å². The molecule has 1 N–H and O–H groups in total. The van der Waals surface area contributed by atoms with Gasteiger partial charge in [0.1, 0.15) is 0 Å². The predicted octanol–water partition coefficient (Wildman–Crippen LogP) is 2.55. The van der Waals surface area contributed by atoms with Gasteiger partial charge < -0.3 is 10.0 Å². The van der Waals surface area contributed by atoms with Crippen LogP contribution in [0, 0.1) is 12.8 Å². The average molecular weight is 363 g/mol. The monoisotopic (exact) mass is 362 g/mol. The van der Waals surface area contributed by atoms with Crippen molar-refractivity contribution >= 4 is 23.5 Å². The van der Waals surface area contributed by atoms with Crippen molar-refractivity contribution in [3.8, 4) is 5.69 Å². The second kappa shape index (κ2) is 6.84. The lowest BCUT2D eigenvalue weighted by molar-refractivity contribution is -0.141. The van der Waals surface area contributed by atoms with E-state index < -0.39 is 11.9 Å². The van der Waals surface area contributed by atoms with Crippen LogP contribution in [0.3, 0.4) is 0 Å². The summed E-state index contributed by atoms with van der Waals surface area (Å²) in [6, 6.07) is 7.26. The van der Waals surface area contributed by atoms with E-state index >= 15 is 0 Å². The first-order chi connectivity index (χ1) is 11.9. The predicted molar refractivity (Wildman–Crippen MR) is 92.0 cm³/mol. The number of hydrogen-bond acceptors (Lipinski definition) is 4. The van der Waals surface area contributed by atoms with Gasteiger partial charge in [-0.25, -0.2) is 4.68 Å². The number of para-hydroxylation sites is 1. The number of carbonyl (C=O) groups is 2. The first kappa shape index (κ1) is 17.4. The van der Waals surface area contributed by atoms with Crippen molar-refractivity contribution in [3.05, 3.63) is 40.7 Å². The van der Waals surface area contributed by atoms with Crippen molar-refractivity contribution in [3.63, 3.8) is 0 Å². The molecule has 8 heteroatoms. The van der Waals surface area contributed by atoms with E-state index in [0.29, 0.717) is 16.4 Å². The Labute approximate surface area is 150 Å². The van der Waals surface area contributed by atoms with Gasteiger partial charge in [-0.15, -0.1) is 5.10 Å². The highest BCUT2D eigenvalue weighted by atomic mass is 35.5. The van der Waals surface area contributed by atoms with Crippen LogP contribution in [-0.4, -0.2) is 49.5 Å². The zero-order chi connectivity index (χ0) is 18.1. The molecule has 0 saturated heterocycles. The minimum Gasteiger partial charge on any atom is -0.481 e.